The maximum atomic E-state index is 11.8. The number of hydrogen-bond acceptors (Lipinski definition) is 3. The Labute approximate surface area is 119 Å². The third-order valence-corrected chi connectivity index (χ3v) is 3.56. The van der Waals surface area contributed by atoms with Gasteiger partial charge in [-0.05, 0) is 31.1 Å². The van der Waals surface area contributed by atoms with Crippen molar-refractivity contribution in [3.8, 4) is 11.5 Å². The molecule has 1 fully saturated rings. The summed E-state index contributed by atoms with van der Waals surface area (Å²) in [4.78, 5) is 11.8. The highest BCUT2D eigenvalue weighted by molar-refractivity contribution is 5.92. The van der Waals surface area contributed by atoms with Crippen molar-refractivity contribution in [2.75, 3.05) is 14.2 Å². The third kappa shape index (κ3) is 3.76. The first-order chi connectivity index (χ1) is 9.72. The summed E-state index contributed by atoms with van der Waals surface area (Å²) < 4.78 is 10.4. The summed E-state index contributed by atoms with van der Waals surface area (Å²) in [5, 5.41) is 3.02. The monoisotopic (exact) mass is 275 g/mol. The Morgan fingerprint density at radius 1 is 1.25 bits per heavy atom. The minimum absolute atomic E-state index is 0.0465. The summed E-state index contributed by atoms with van der Waals surface area (Å²) in [6.45, 7) is 0. The number of ether oxygens (including phenoxy) is 2. The molecule has 1 N–H and O–H groups in total. The molecule has 1 saturated carbocycles. The highest BCUT2D eigenvalue weighted by atomic mass is 16.5. The number of carbonyl (C=O) groups excluding carboxylic acids is 1. The Morgan fingerprint density at radius 2 is 2.00 bits per heavy atom. The van der Waals surface area contributed by atoms with Crippen LogP contribution in [0.4, 0.5) is 0 Å². The van der Waals surface area contributed by atoms with Gasteiger partial charge in [0.05, 0.1) is 14.2 Å². The zero-order valence-corrected chi connectivity index (χ0v) is 12.0. The van der Waals surface area contributed by atoms with Gasteiger partial charge in [-0.25, -0.2) is 0 Å². The molecule has 4 nitrogen and oxygen atoms in total. The van der Waals surface area contributed by atoms with Gasteiger partial charge >= 0.3 is 0 Å². The van der Waals surface area contributed by atoms with Crippen LogP contribution in [0.15, 0.2) is 24.3 Å². The number of rotatable bonds is 5. The molecule has 2 rings (SSSR count). The van der Waals surface area contributed by atoms with Crippen LogP contribution in [0.5, 0.6) is 11.5 Å². The predicted octanol–water partition coefficient (Wildman–Crippen LogP) is 2.78. The summed E-state index contributed by atoms with van der Waals surface area (Å²) in [5.41, 5.74) is 0.856. The van der Waals surface area contributed by atoms with Gasteiger partial charge in [-0.15, -0.1) is 0 Å². The van der Waals surface area contributed by atoms with Gasteiger partial charge in [-0.2, -0.15) is 0 Å². The van der Waals surface area contributed by atoms with E-state index in [1.165, 1.54) is 12.8 Å². The molecular formula is C16H21NO3. The van der Waals surface area contributed by atoms with Crippen molar-refractivity contribution in [3.63, 3.8) is 0 Å². The van der Waals surface area contributed by atoms with Crippen molar-refractivity contribution in [3.05, 3.63) is 29.8 Å². The van der Waals surface area contributed by atoms with Crippen LogP contribution in [0.3, 0.4) is 0 Å². The minimum Gasteiger partial charge on any atom is -0.497 e. The molecule has 0 unspecified atom stereocenters. The molecule has 108 valence electrons. The van der Waals surface area contributed by atoms with Gasteiger partial charge in [0.25, 0.3) is 0 Å². The fourth-order valence-electron chi connectivity index (χ4n) is 2.44. The molecule has 0 atom stereocenters. The molecular weight excluding hydrogens is 254 g/mol. The van der Waals surface area contributed by atoms with Crippen LogP contribution in [0.1, 0.15) is 31.2 Å². The normalized spacial score (nSPS) is 15.5. The summed E-state index contributed by atoms with van der Waals surface area (Å²) in [7, 11) is 3.21. The quantitative estimate of drug-likeness (QED) is 0.841. The summed E-state index contributed by atoms with van der Waals surface area (Å²) in [6.07, 6.45) is 7.92. The maximum Gasteiger partial charge on any atom is 0.244 e. The van der Waals surface area contributed by atoms with Crippen molar-refractivity contribution in [1.29, 1.82) is 0 Å². The van der Waals surface area contributed by atoms with E-state index in [0.717, 1.165) is 24.2 Å². The lowest BCUT2D eigenvalue weighted by Crippen LogP contribution is -2.30. The van der Waals surface area contributed by atoms with Gasteiger partial charge in [0.1, 0.15) is 11.5 Å². The zero-order valence-electron chi connectivity index (χ0n) is 12.0. The number of hydrogen-bond donors (Lipinski definition) is 1. The summed E-state index contributed by atoms with van der Waals surface area (Å²) in [5.74, 6) is 1.37. The predicted molar refractivity (Wildman–Crippen MR) is 79.0 cm³/mol. The Bertz CT molecular complexity index is 490. The van der Waals surface area contributed by atoms with E-state index in [4.69, 9.17) is 9.47 Å². The van der Waals surface area contributed by atoms with E-state index in [9.17, 15) is 4.79 Å². The Hall–Kier alpha value is -1.97. The average molecular weight is 275 g/mol. The minimum atomic E-state index is -0.0465. The van der Waals surface area contributed by atoms with Crippen LogP contribution in [0.25, 0.3) is 6.08 Å². The zero-order chi connectivity index (χ0) is 14.4. The van der Waals surface area contributed by atoms with Crippen LogP contribution < -0.4 is 14.8 Å². The number of benzene rings is 1. The van der Waals surface area contributed by atoms with Crippen LogP contribution >= 0.6 is 0 Å². The maximum absolute atomic E-state index is 11.8. The van der Waals surface area contributed by atoms with E-state index in [2.05, 4.69) is 5.32 Å². The number of nitrogens with one attached hydrogen (secondary N) is 1. The van der Waals surface area contributed by atoms with Crippen LogP contribution in [0.2, 0.25) is 0 Å². The number of amides is 1. The Balaban J connectivity index is 2.00. The van der Waals surface area contributed by atoms with Crippen LogP contribution in [-0.2, 0) is 4.79 Å². The molecule has 1 amide bonds. The van der Waals surface area contributed by atoms with Gasteiger partial charge < -0.3 is 14.8 Å². The van der Waals surface area contributed by atoms with E-state index in [-0.39, 0.29) is 5.91 Å². The van der Waals surface area contributed by atoms with E-state index >= 15 is 0 Å². The van der Waals surface area contributed by atoms with Crippen LogP contribution in [-0.4, -0.2) is 26.2 Å². The molecule has 0 radical (unpaired) electrons. The Kier molecular flexibility index (Phi) is 5.04. The first kappa shape index (κ1) is 14.4. The molecule has 20 heavy (non-hydrogen) atoms. The highest BCUT2D eigenvalue weighted by Gasteiger charge is 2.15. The second kappa shape index (κ2) is 6.98. The Morgan fingerprint density at radius 3 is 2.65 bits per heavy atom. The standard InChI is InChI=1S/C16H21NO3/c1-19-14-9-7-12(15(11-14)20-2)8-10-16(18)17-13-5-3-4-6-13/h7-11,13H,3-6H2,1-2H3,(H,17,18). The average Bonchev–Trinajstić information content (AvgIpc) is 2.97. The summed E-state index contributed by atoms with van der Waals surface area (Å²) in [6, 6.07) is 5.85. The molecule has 1 aromatic carbocycles. The van der Waals surface area contributed by atoms with Gasteiger partial charge in [-0.1, -0.05) is 12.8 Å². The van der Waals surface area contributed by atoms with E-state index in [0.29, 0.717) is 11.8 Å². The first-order valence-electron chi connectivity index (χ1n) is 6.93. The fourth-order valence-corrected chi connectivity index (χ4v) is 2.44. The molecule has 4 heteroatoms. The van der Waals surface area contributed by atoms with Crippen molar-refractivity contribution in [1.82, 2.24) is 5.32 Å². The van der Waals surface area contributed by atoms with Gasteiger partial charge in [0, 0.05) is 23.7 Å². The van der Waals surface area contributed by atoms with Gasteiger partial charge in [-0.3, -0.25) is 4.79 Å². The second-order valence-corrected chi connectivity index (χ2v) is 4.93. The molecule has 0 heterocycles. The molecule has 1 aromatic rings. The summed E-state index contributed by atoms with van der Waals surface area (Å²) >= 11 is 0. The highest BCUT2D eigenvalue weighted by Crippen LogP contribution is 2.25. The van der Waals surface area contributed by atoms with Gasteiger partial charge in [0.15, 0.2) is 0 Å². The van der Waals surface area contributed by atoms with E-state index < -0.39 is 0 Å². The third-order valence-electron chi connectivity index (χ3n) is 3.56. The molecule has 1 aliphatic carbocycles. The number of carbonyl (C=O) groups is 1. The van der Waals surface area contributed by atoms with Crippen molar-refractivity contribution in [2.45, 2.75) is 31.7 Å². The lowest BCUT2D eigenvalue weighted by molar-refractivity contribution is -0.117. The molecule has 0 spiro atoms. The van der Waals surface area contributed by atoms with E-state index in [1.54, 1.807) is 32.4 Å². The topological polar surface area (TPSA) is 47.6 Å². The second-order valence-electron chi connectivity index (χ2n) is 4.93. The smallest absolute Gasteiger partial charge is 0.244 e. The largest absolute Gasteiger partial charge is 0.497 e. The molecule has 0 aliphatic heterocycles. The molecule has 1 aliphatic rings. The van der Waals surface area contributed by atoms with E-state index in [1.807, 2.05) is 12.1 Å². The lowest BCUT2D eigenvalue weighted by Gasteiger charge is -2.10. The van der Waals surface area contributed by atoms with Gasteiger partial charge in [0.2, 0.25) is 5.91 Å². The fraction of sp³-hybridized carbons (Fsp3) is 0.438. The molecule has 0 saturated heterocycles. The van der Waals surface area contributed by atoms with Crippen molar-refractivity contribution in [2.24, 2.45) is 0 Å². The van der Waals surface area contributed by atoms with Crippen LogP contribution in [0, 0.1) is 0 Å². The lowest BCUT2D eigenvalue weighted by atomic mass is 10.1. The SMILES string of the molecule is COc1ccc(C=CC(=O)NC2CCCC2)c(OC)c1. The molecule has 0 aromatic heterocycles. The molecule has 0 bridgehead atoms. The van der Waals surface area contributed by atoms with Crippen molar-refractivity contribution < 1.29 is 14.3 Å². The first-order valence-corrected chi connectivity index (χ1v) is 6.93. The number of methoxy groups -OCH3 is 2. The van der Waals surface area contributed by atoms with Crippen molar-refractivity contribution >= 4 is 12.0 Å².